The molecule has 0 atom stereocenters. The number of rotatable bonds is 2. The number of hydrogen-bond acceptors (Lipinski definition) is 2. The minimum atomic E-state index is -0.147. The molecule has 1 aliphatic carbocycles. The fourth-order valence-corrected chi connectivity index (χ4v) is 2.25. The van der Waals surface area contributed by atoms with E-state index in [1.165, 1.54) is 6.42 Å². The van der Waals surface area contributed by atoms with Crippen LogP contribution in [0, 0.1) is 5.92 Å². The van der Waals surface area contributed by atoms with Crippen molar-refractivity contribution in [1.82, 2.24) is 9.78 Å². The van der Waals surface area contributed by atoms with Crippen LogP contribution in [0.4, 0.5) is 5.82 Å². The largest absolute Gasteiger partial charge is 0.311 e. The Balaban J connectivity index is 2.29. The molecule has 4 nitrogen and oxygen atoms in total. The second-order valence-corrected chi connectivity index (χ2v) is 7.86. The summed E-state index contributed by atoms with van der Waals surface area (Å²) < 4.78 is 1.93. The zero-order chi connectivity index (χ0) is 15.1. The number of carbonyl (C=O) groups excluding carboxylic acids is 1. The van der Waals surface area contributed by atoms with Gasteiger partial charge in [0.25, 0.3) is 0 Å². The van der Waals surface area contributed by atoms with E-state index in [-0.39, 0.29) is 22.8 Å². The van der Waals surface area contributed by atoms with Gasteiger partial charge in [-0.05, 0) is 33.6 Å². The molecule has 0 saturated heterocycles. The summed E-state index contributed by atoms with van der Waals surface area (Å²) in [6.07, 6.45) is 3.20. The van der Waals surface area contributed by atoms with Gasteiger partial charge >= 0.3 is 0 Å². The van der Waals surface area contributed by atoms with Crippen LogP contribution >= 0.6 is 0 Å². The third-order valence-corrected chi connectivity index (χ3v) is 3.84. The van der Waals surface area contributed by atoms with Gasteiger partial charge < -0.3 is 5.32 Å². The molecule has 20 heavy (non-hydrogen) atoms. The van der Waals surface area contributed by atoms with Gasteiger partial charge in [0.1, 0.15) is 5.82 Å². The highest BCUT2D eigenvalue weighted by atomic mass is 16.2. The summed E-state index contributed by atoms with van der Waals surface area (Å²) in [7, 11) is 0. The van der Waals surface area contributed by atoms with Gasteiger partial charge in [0, 0.05) is 17.4 Å². The lowest BCUT2D eigenvalue weighted by Crippen LogP contribution is -2.31. The van der Waals surface area contributed by atoms with E-state index in [0.29, 0.717) is 0 Å². The zero-order valence-electron chi connectivity index (χ0n) is 13.6. The van der Waals surface area contributed by atoms with Crippen molar-refractivity contribution in [3.8, 4) is 0 Å². The number of anilines is 1. The Morgan fingerprint density at radius 3 is 2.25 bits per heavy atom. The molecule has 0 aromatic carbocycles. The van der Waals surface area contributed by atoms with Gasteiger partial charge in [-0.25, -0.2) is 4.68 Å². The van der Waals surface area contributed by atoms with Crippen LogP contribution in [0.5, 0.6) is 0 Å². The first kappa shape index (κ1) is 15.1. The van der Waals surface area contributed by atoms with Crippen molar-refractivity contribution in [2.75, 3.05) is 5.32 Å². The van der Waals surface area contributed by atoms with Crippen LogP contribution in [0.1, 0.15) is 66.5 Å². The first-order chi connectivity index (χ1) is 9.09. The Hall–Kier alpha value is -1.32. The molecule has 2 rings (SSSR count). The Morgan fingerprint density at radius 2 is 1.85 bits per heavy atom. The van der Waals surface area contributed by atoms with Crippen LogP contribution in [-0.4, -0.2) is 15.7 Å². The second-order valence-electron chi connectivity index (χ2n) is 7.86. The monoisotopic (exact) mass is 277 g/mol. The highest BCUT2D eigenvalue weighted by Crippen LogP contribution is 2.31. The summed E-state index contributed by atoms with van der Waals surface area (Å²) in [4.78, 5) is 12.2. The van der Waals surface area contributed by atoms with Crippen LogP contribution in [0.2, 0.25) is 0 Å². The maximum absolute atomic E-state index is 12.2. The molecule has 0 spiro atoms. The zero-order valence-corrected chi connectivity index (χ0v) is 13.6. The average Bonchev–Trinajstić information content (AvgIpc) is 2.56. The van der Waals surface area contributed by atoms with Crippen LogP contribution in [0.3, 0.4) is 0 Å². The standard InChI is InChI=1S/C16H27N3O/c1-15(2,3)12-10-13(19(18-12)16(4,5)6)17-14(20)11-8-7-9-11/h10-11H,7-9H2,1-6H3,(H,17,20). The van der Waals surface area contributed by atoms with Crippen molar-refractivity contribution in [1.29, 1.82) is 0 Å². The lowest BCUT2D eigenvalue weighted by molar-refractivity contribution is -0.122. The number of amides is 1. The molecular weight excluding hydrogens is 250 g/mol. The Morgan fingerprint density at radius 1 is 1.25 bits per heavy atom. The molecule has 1 aromatic heterocycles. The van der Waals surface area contributed by atoms with E-state index in [2.05, 4.69) is 46.9 Å². The molecule has 4 heteroatoms. The number of carbonyl (C=O) groups is 1. The smallest absolute Gasteiger partial charge is 0.228 e. The summed E-state index contributed by atoms with van der Waals surface area (Å²) in [6.45, 7) is 12.7. The fourth-order valence-electron chi connectivity index (χ4n) is 2.25. The quantitative estimate of drug-likeness (QED) is 0.896. The van der Waals surface area contributed by atoms with Gasteiger partial charge in [0.05, 0.1) is 11.2 Å². The van der Waals surface area contributed by atoms with Gasteiger partial charge in [0.15, 0.2) is 0 Å². The first-order valence-corrected chi connectivity index (χ1v) is 7.51. The number of nitrogens with zero attached hydrogens (tertiary/aromatic N) is 2. The Bertz CT molecular complexity index is 499. The molecule has 1 heterocycles. The van der Waals surface area contributed by atoms with Crippen molar-refractivity contribution in [3.63, 3.8) is 0 Å². The van der Waals surface area contributed by atoms with Crippen molar-refractivity contribution < 1.29 is 4.79 Å². The van der Waals surface area contributed by atoms with Crippen LogP contribution in [-0.2, 0) is 15.7 Å². The lowest BCUT2D eigenvalue weighted by atomic mass is 9.85. The van der Waals surface area contributed by atoms with Crippen molar-refractivity contribution in [2.45, 2.75) is 71.8 Å². The summed E-state index contributed by atoms with van der Waals surface area (Å²) in [5, 5.41) is 7.78. The van der Waals surface area contributed by atoms with Gasteiger partial charge in [-0.2, -0.15) is 5.10 Å². The fraction of sp³-hybridized carbons (Fsp3) is 0.750. The molecule has 1 aliphatic rings. The number of aromatic nitrogens is 2. The summed E-state index contributed by atoms with van der Waals surface area (Å²) in [5.41, 5.74) is 0.842. The van der Waals surface area contributed by atoms with Crippen LogP contribution in [0.15, 0.2) is 6.07 Å². The maximum atomic E-state index is 12.2. The number of nitrogens with one attached hydrogen (secondary N) is 1. The second kappa shape index (κ2) is 4.90. The van der Waals surface area contributed by atoms with E-state index in [1.807, 2.05) is 10.7 Å². The molecule has 0 unspecified atom stereocenters. The van der Waals surface area contributed by atoms with E-state index in [1.54, 1.807) is 0 Å². The molecule has 0 bridgehead atoms. The topological polar surface area (TPSA) is 46.9 Å². The molecule has 112 valence electrons. The Kier molecular flexibility index (Phi) is 3.69. The Labute approximate surface area is 121 Å². The molecule has 1 fully saturated rings. The van der Waals surface area contributed by atoms with Crippen LogP contribution in [0.25, 0.3) is 0 Å². The minimum Gasteiger partial charge on any atom is -0.311 e. The van der Waals surface area contributed by atoms with E-state index in [0.717, 1.165) is 24.4 Å². The first-order valence-electron chi connectivity index (χ1n) is 7.51. The van der Waals surface area contributed by atoms with Crippen molar-refractivity contribution in [3.05, 3.63) is 11.8 Å². The highest BCUT2D eigenvalue weighted by molar-refractivity contribution is 5.92. The lowest BCUT2D eigenvalue weighted by Gasteiger charge is -2.26. The molecule has 0 radical (unpaired) electrons. The van der Waals surface area contributed by atoms with Gasteiger partial charge in [-0.1, -0.05) is 27.2 Å². The molecule has 1 N–H and O–H groups in total. The normalized spacial score (nSPS) is 16.9. The molecule has 1 saturated carbocycles. The number of hydrogen-bond donors (Lipinski definition) is 1. The van der Waals surface area contributed by atoms with E-state index in [9.17, 15) is 4.79 Å². The molecule has 1 aromatic rings. The summed E-state index contributed by atoms with van der Waals surface area (Å²) >= 11 is 0. The highest BCUT2D eigenvalue weighted by Gasteiger charge is 2.29. The third kappa shape index (κ3) is 3.05. The minimum absolute atomic E-state index is 0.0214. The van der Waals surface area contributed by atoms with Gasteiger partial charge in [-0.15, -0.1) is 0 Å². The van der Waals surface area contributed by atoms with E-state index >= 15 is 0 Å². The van der Waals surface area contributed by atoms with Crippen LogP contribution < -0.4 is 5.32 Å². The molecular formula is C16H27N3O. The third-order valence-electron chi connectivity index (χ3n) is 3.84. The van der Waals surface area contributed by atoms with Crippen molar-refractivity contribution in [2.24, 2.45) is 5.92 Å². The van der Waals surface area contributed by atoms with E-state index < -0.39 is 0 Å². The maximum Gasteiger partial charge on any atom is 0.228 e. The predicted molar refractivity (Wildman–Crippen MR) is 81.9 cm³/mol. The van der Waals surface area contributed by atoms with E-state index in [4.69, 9.17) is 5.10 Å². The van der Waals surface area contributed by atoms with Gasteiger partial charge in [-0.3, -0.25) is 4.79 Å². The molecule has 0 aliphatic heterocycles. The summed E-state index contributed by atoms with van der Waals surface area (Å²) in [5.74, 6) is 1.15. The van der Waals surface area contributed by atoms with Gasteiger partial charge in [0.2, 0.25) is 5.91 Å². The van der Waals surface area contributed by atoms with Crippen molar-refractivity contribution >= 4 is 11.7 Å². The molecule has 1 amide bonds. The SMILES string of the molecule is CC(C)(C)c1cc(NC(=O)C2CCC2)n(C(C)(C)C)n1. The summed E-state index contributed by atoms with van der Waals surface area (Å²) in [6, 6.07) is 2.02. The predicted octanol–water partition coefficient (Wildman–Crippen LogP) is 3.67. The average molecular weight is 277 g/mol.